The van der Waals surface area contributed by atoms with E-state index >= 15 is 0 Å². The lowest BCUT2D eigenvalue weighted by Gasteiger charge is -2.16. The van der Waals surface area contributed by atoms with Gasteiger partial charge in [-0.2, -0.15) is 0 Å². The van der Waals surface area contributed by atoms with E-state index in [1.54, 1.807) is 14.2 Å². The predicted molar refractivity (Wildman–Crippen MR) is 98.1 cm³/mol. The van der Waals surface area contributed by atoms with Crippen LogP contribution in [-0.2, 0) is 6.42 Å². The number of rotatable bonds is 6. The highest BCUT2D eigenvalue weighted by molar-refractivity contribution is 7.13. The molecule has 3 rings (SSSR count). The Morgan fingerprint density at radius 2 is 1.54 bits per heavy atom. The fourth-order valence-electron chi connectivity index (χ4n) is 2.69. The van der Waals surface area contributed by atoms with E-state index in [4.69, 9.17) is 15.2 Å². The third kappa shape index (κ3) is 3.68. The molecule has 0 amide bonds. The molecule has 0 aliphatic rings. The van der Waals surface area contributed by atoms with Crippen LogP contribution in [0.2, 0.25) is 0 Å². The molecule has 0 saturated heterocycles. The van der Waals surface area contributed by atoms with Crippen molar-refractivity contribution in [1.29, 1.82) is 0 Å². The maximum Gasteiger partial charge on any atom is 0.180 e. The van der Waals surface area contributed by atoms with Crippen molar-refractivity contribution >= 4 is 16.5 Å². The maximum atomic E-state index is 5.84. The zero-order valence-corrected chi connectivity index (χ0v) is 14.5. The Morgan fingerprint density at radius 3 is 2.04 bits per heavy atom. The molecule has 1 heterocycles. The van der Waals surface area contributed by atoms with Crippen LogP contribution in [0.5, 0.6) is 11.5 Å². The Bertz CT molecular complexity index is 782. The Balaban J connectivity index is 1.91. The van der Waals surface area contributed by atoms with Crippen molar-refractivity contribution in [3.63, 3.8) is 0 Å². The molecule has 5 heteroatoms. The Morgan fingerprint density at radius 1 is 0.958 bits per heavy atom. The molecule has 3 aromatic rings. The lowest BCUT2D eigenvalue weighted by Crippen LogP contribution is -2.06. The van der Waals surface area contributed by atoms with E-state index < -0.39 is 0 Å². The summed E-state index contributed by atoms with van der Waals surface area (Å²) in [7, 11) is 3.35. The molecule has 0 fully saturated rings. The molecule has 0 aliphatic heterocycles. The molecular weight excluding hydrogens is 320 g/mol. The molecule has 2 N–H and O–H groups in total. The van der Waals surface area contributed by atoms with Crippen molar-refractivity contribution in [3.8, 4) is 11.5 Å². The molecule has 0 aliphatic carbocycles. The first-order valence-electron chi connectivity index (χ1n) is 7.67. The quantitative estimate of drug-likeness (QED) is 0.733. The minimum atomic E-state index is 0.151. The Kier molecular flexibility index (Phi) is 5.01. The van der Waals surface area contributed by atoms with Crippen LogP contribution < -0.4 is 15.2 Å². The Labute approximate surface area is 145 Å². The van der Waals surface area contributed by atoms with Crippen molar-refractivity contribution in [3.05, 3.63) is 70.7 Å². The van der Waals surface area contributed by atoms with E-state index in [0.29, 0.717) is 5.13 Å². The van der Waals surface area contributed by atoms with Gasteiger partial charge in [0.05, 0.1) is 19.9 Å². The smallest absolute Gasteiger partial charge is 0.180 e. The lowest BCUT2D eigenvalue weighted by molar-refractivity contribution is 0.414. The van der Waals surface area contributed by atoms with Crippen molar-refractivity contribution < 1.29 is 9.47 Å². The SMILES string of the molecule is COc1ccc(CC(c2ccc(OC)cc2)c2csc(N)n2)cc1. The van der Waals surface area contributed by atoms with Gasteiger partial charge in [0.2, 0.25) is 0 Å². The monoisotopic (exact) mass is 340 g/mol. The predicted octanol–water partition coefficient (Wildman–Crippen LogP) is 4.12. The fraction of sp³-hybridized carbons (Fsp3) is 0.211. The summed E-state index contributed by atoms with van der Waals surface area (Å²) in [5, 5.41) is 2.63. The normalized spacial score (nSPS) is 11.9. The van der Waals surface area contributed by atoms with E-state index in [-0.39, 0.29) is 5.92 Å². The molecule has 0 saturated carbocycles. The van der Waals surface area contributed by atoms with Crippen LogP contribution in [0, 0.1) is 0 Å². The highest BCUT2D eigenvalue weighted by Crippen LogP contribution is 2.31. The average Bonchev–Trinajstić information content (AvgIpc) is 3.06. The first-order chi connectivity index (χ1) is 11.7. The van der Waals surface area contributed by atoms with Crippen LogP contribution in [0.1, 0.15) is 22.7 Å². The van der Waals surface area contributed by atoms with E-state index in [2.05, 4.69) is 29.2 Å². The number of nitrogens with two attached hydrogens (primary N) is 1. The molecule has 1 atom stereocenters. The summed E-state index contributed by atoms with van der Waals surface area (Å²) >= 11 is 1.47. The van der Waals surface area contributed by atoms with Crippen molar-refractivity contribution in [1.82, 2.24) is 4.98 Å². The van der Waals surface area contributed by atoms with Crippen molar-refractivity contribution in [2.24, 2.45) is 0 Å². The third-order valence-electron chi connectivity index (χ3n) is 4.01. The summed E-state index contributed by atoms with van der Waals surface area (Å²) in [6, 6.07) is 16.3. The number of benzene rings is 2. The summed E-state index contributed by atoms with van der Waals surface area (Å²) in [4.78, 5) is 4.50. The summed E-state index contributed by atoms with van der Waals surface area (Å²) < 4.78 is 10.5. The third-order valence-corrected chi connectivity index (χ3v) is 4.71. The molecule has 2 aromatic carbocycles. The molecule has 1 unspecified atom stereocenters. The van der Waals surface area contributed by atoms with Gasteiger partial charge in [0, 0.05) is 11.3 Å². The van der Waals surface area contributed by atoms with E-state index in [1.165, 1.54) is 22.5 Å². The Hall–Kier alpha value is -2.53. The summed E-state index contributed by atoms with van der Waals surface area (Å²) in [5.74, 6) is 1.86. The zero-order chi connectivity index (χ0) is 16.9. The molecule has 1 aromatic heterocycles. The van der Waals surface area contributed by atoms with E-state index in [0.717, 1.165) is 23.6 Å². The lowest BCUT2D eigenvalue weighted by atomic mass is 9.89. The molecule has 0 bridgehead atoms. The number of hydrogen-bond acceptors (Lipinski definition) is 5. The fourth-order valence-corrected chi connectivity index (χ4v) is 3.30. The van der Waals surface area contributed by atoms with E-state index in [9.17, 15) is 0 Å². The highest BCUT2D eigenvalue weighted by atomic mass is 32.1. The van der Waals surface area contributed by atoms with Gasteiger partial charge < -0.3 is 15.2 Å². The molecule has 124 valence electrons. The van der Waals surface area contributed by atoms with Gasteiger partial charge in [0.1, 0.15) is 11.5 Å². The van der Waals surface area contributed by atoms with Crippen LogP contribution in [0.3, 0.4) is 0 Å². The second-order valence-electron chi connectivity index (χ2n) is 5.49. The number of nitrogens with zero attached hydrogens (tertiary/aromatic N) is 1. The van der Waals surface area contributed by atoms with Crippen molar-refractivity contribution in [2.45, 2.75) is 12.3 Å². The van der Waals surface area contributed by atoms with Gasteiger partial charge in [-0.15, -0.1) is 11.3 Å². The van der Waals surface area contributed by atoms with Crippen molar-refractivity contribution in [2.75, 3.05) is 20.0 Å². The van der Waals surface area contributed by atoms with Gasteiger partial charge in [-0.1, -0.05) is 24.3 Å². The van der Waals surface area contributed by atoms with Crippen LogP contribution in [0.15, 0.2) is 53.9 Å². The van der Waals surface area contributed by atoms with E-state index in [1.807, 2.05) is 29.6 Å². The minimum Gasteiger partial charge on any atom is -0.497 e. The number of methoxy groups -OCH3 is 2. The minimum absolute atomic E-state index is 0.151. The largest absolute Gasteiger partial charge is 0.497 e. The molecule has 0 spiro atoms. The van der Waals surface area contributed by atoms with Gasteiger partial charge in [-0.25, -0.2) is 4.98 Å². The summed E-state index contributed by atoms with van der Waals surface area (Å²) in [5.41, 5.74) is 9.26. The average molecular weight is 340 g/mol. The van der Waals surface area contributed by atoms with Gasteiger partial charge >= 0.3 is 0 Å². The topological polar surface area (TPSA) is 57.4 Å². The standard InChI is InChI=1S/C19H20N2O2S/c1-22-15-7-3-13(4-8-15)11-17(18-12-24-19(20)21-18)14-5-9-16(23-2)10-6-14/h3-10,12,17H,11H2,1-2H3,(H2,20,21). The van der Waals surface area contributed by atoms with Crippen LogP contribution >= 0.6 is 11.3 Å². The number of ether oxygens (including phenoxy) is 2. The molecule has 0 radical (unpaired) electrons. The van der Waals surface area contributed by atoms with Crippen LogP contribution in [0.25, 0.3) is 0 Å². The molecular formula is C19H20N2O2S. The first-order valence-corrected chi connectivity index (χ1v) is 8.55. The van der Waals surface area contributed by atoms with Gasteiger partial charge in [0.25, 0.3) is 0 Å². The zero-order valence-electron chi connectivity index (χ0n) is 13.7. The number of thiazole rings is 1. The number of hydrogen-bond donors (Lipinski definition) is 1. The summed E-state index contributed by atoms with van der Waals surface area (Å²) in [6.45, 7) is 0. The highest BCUT2D eigenvalue weighted by Gasteiger charge is 2.18. The van der Waals surface area contributed by atoms with Gasteiger partial charge in [-0.3, -0.25) is 0 Å². The second-order valence-corrected chi connectivity index (χ2v) is 6.38. The first kappa shape index (κ1) is 16.3. The summed E-state index contributed by atoms with van der Waals surface area (Å²) in [6.07, 6.45) is 0.847. The number of nitrogen functional groups attached to an aromatic ring is 1. The van der Waals surface area contributed by atoms with Gasteiger partial charge in [0.15, 0.2) is 5.13 Å². The second kappa shape index (κ2) is 7.36. The number of anilines is 1. The maximum absolute atomic E-state index is 5.84. The molecule has 24 heavy (non-hydrogen) atoms. The van der Waals surface area contributed by atoms with Gasteiger partial charge in [-0.05, 0) is 41.8 Å². The number of aromatic nitrogens is 1. The molecule has 4 nitrogen and oxygen atoms in total. The van der Waals surface area contributed by atoms with Crippen LogP contribution in [-0.4, -0.2) is 19.2 Å². The van der Waals surface area contributed by atoms with Crippen LogP contribution in [0.4, 0.5) is 5.13 Å².